The van der Waals surface area contributed by atoms with Gasteiger partial charge in [-0.3, -0.25) is 9.59 Å². The molecule has 0 aliphatic rings. The van der Waals surface area contributed by atoms with Crippen LogP contribution in [0.2, 0.25) is 0 Å². The van der Waals surface area contributed by atoms with E-state index < -0.39 is 11.9 Å². The summed E-state index contributed by atoms with van der Waals surface area (Å²) in [4.78, 5) is 18.6. The van der Waals surface area contributed by atoms with E-state index in [9.17, 15) is 9.59 Å². The lowest BCUT2D eigenvalue weighted by molar-refractivity contribution is -0.134. The normalized spacial score (nSPS) is 8.09. The van der Waals surface area contributed by atoms with E-state index in [0.29, 0.717) is 13.2 Å². The van der Waals surface area contributed by atoms with Crippen LogP contribution in [-0.4, -0.2) is 70.3 Å². The number of carboxylic acids is 2. The van der Waals surface area contributed by atoms with Gasteiger partial charge in [0.1, 0.15) is 0 Å². The number of carbonyl (C=O) groups is 2. The average molecular weight is 373 g/mol. The second-order valence-electron chi connectivity index (χ2n) is 3.96. The molecule has 0 aromatic heterocycles. The highest BCUT2D eigenvalue weighted by Gasteiger charge is 1.86. The van der Waals surface area contributed by atoms with Crippen molar-refractivity contribution in [3.8, 4) is 0 Å². The summed E-state index contributed by atoms with van der Waals surface area (Å²) in [6.07, 6.45) is 0. The molecule has 0 rings (SSSR count). The maximum absolute atomic E-state index is 9.29. The predicted octanol–water partition coefficient (Wildman–Crippen LogP) is 1.13. The van der Waals surface area contributed by atoms with Crippen molar-refractivity contribution >= 4 is 37.2 Å². The number of hydrogen-bond acceptors (Lipinski definition) is 7. The van der Waals surface area contributed by atoms with Crippen LogP contribution in [0.5, 0.6) is 0 Å². The van der Waals surface area contributed by atoms with E-state index in [2.05, 4.69) is 38.4 Å². The van der Waals surface area contributed by atoms with Gasteiger partial charge in [0.15, 0.2) is 0 Å². The Labute approximate surface area is 148 Å². The highest BCUT2D eigenvalue weighted by molar-refractivity contribution is 7.81. The van der Waals surface area contributed by atoms with E-state index in [1.165, 1.54) is 0 Å². The van der Waals surface area contributed by atoms with Gasteiger partial charge in [0, 0.05) is 0 Å². The largest absolute Gasteiger partial charge is 0.481 e. The summed E-state index contributed by atoms with van der Waals surface area (Å²) < 4.78 is 5.16. The van der Waals surface area contributed by atoms with Crippen LogP contribution in [0.1, 0.15) is 13.8 Å². The Morgan fingerprint density at radius 2 is 1.09 bits per heavy atom. The van der Waals surface area contributed by atoms with Crippen molar-refractivity contribution in [1.82, 2.24) is 0 Å². The fourth-order valence-electron chi connectivity index (χ4n) is 0.399. The lowest BCUT2D eigenvalue weighted by atomic mass is 10.3. The Kier molecular flexibility index (Phi) is 33.8. The van der Waals surface area contributed by atoms with Crippen molar-refractivity contribution in [3.05, 3.63) is 24.3 Å². The molecule has 0 aliphatic heterocycles. The number of ether oxygens (including phenoxy) is 1. The third kappa shape index (κ3) is 75.8. The molecule has 7 nitrogen and oxygen atoms in total. The minimum atomic E-state index is -0.881. The fourth-order valence-corrected chi connectivity index (χ4v) is 0.399. The van der Waals surface area contributed by atoms with Crippen LogP contribution in [0.4, 0.5) is 0 Å². The molecule has 0 spiro atoms. The SMILES string of the molecule is C=C(C)COCC(=C)C.O=C(O)CS.O=C(O)CS.OCCO. The van der Waals surface area contributed by atoms with Crippen molar-refractivity contribution in [2.45, 2.75) is 13.8 Å². The van der Waals surface area contributed by atoms with Crippen LogP contribution in [-0.2, 0) is 14.3 Å². The second-order valence-corrected chi connectivity index (χ2v) is 4.59. The summed E-state index contributed by atoms with van der Waals surface area (Å²) in [5.41, 5.74) is 2.10. The van der Waals surface area contributed by atoms with Gasteiger partial charge < -0.3 is 25.2 Å². The molecule has 0 heterocycles. The molecule has 9 heteroatoms. The molecule has 23 heavy (non-hydrogen) atoms. The number of aliphatic hydroxyl groups excluding tert-OH is 2. The van der Waals surface area contributed by atoms with Gasteiger partial charge >= 0.3 is 11.9 Å². The molecule has 4 N–H and O–H groups in total. The number of thiol groups is 2. The van der Waals surface area contributed by atoms with Crippen molar-refractivity contribution < 1.29 is 34.8 Å². The molecular formula is C14H28O7S2. The predicted molar refractivity (Wildman–Crippen MR) is 97.6 cm³/mol. The molecule has 138 valence electrons. The molecule has 0 bridgehead atoms. The molecule has 0 saturated heterocycles. The van der Waals surface area contributed by atoms with Crippen LogP contribution in [0.25, 0.3) is 0 Å². The molecule has 0 unspecified atom stereocenters. The standard InChI is InChI=1S/C8H14O.2C2H4O2S.C2H6O2/c1-7(2)5-9-6-8(3)4;2*3-2(4)1-5;3-1-2-4/h1,3,5-6H2,2,4H3;2*5H,1H2,(H,3,4);3-4H,1-2H2. The van der Waals surface area contributed by atoms with Crippen LogP contribution < -0.4 is 0 Å². The van der Waals surface area contributed by atoms with Crippen molar-refractivity contribution in [2.24, 2.45) is 0 Å². The molecule has 0 saturated carbocycles. The summed E-state index contributed by atoms with van der Waals surface area (Å²) in [5, 5.41) is 30.5. The van der Waals surface area contributed by atoms with E-state index in [-0.39, 0.29) is 24.7 Å². The van der Waals surface area contributed by atoms with Gasteiger partial charge in [-0.2, -0.15) is 25.3 Å². The van der Waals surface area contributed by atoms with Gasteiger partial charge in [-0.05, 0) is 13.8 Å². The Bertz CT molecular complexity index is 290. The Morgan fingerprint density at radius 3 is 1.17 bits per heavy atom. The number of aliphatic carboxylic acids is 2. The van der Waals surface area contributed by atoms with Crippen LogP contribution >= 0.6 is 25.3 Å². The molecule has 0 aromatic rings. The van der Waals surface area contributed by atoms with Gasteiger partial charge in [0.2, 0.25) is 0 Å². The fraction of sp³-hybridized carbons (Fsp3) is 0.571. The minimum Gasteiger partial charge on any atom is -0.481 e. The molecule has 0 radical (unpaired) electrons. The second kappa shape index (κ2) is 25.9. The highest BCUT2D eigenvalue weighted by atomic mass is 32.1. The van der Waals surface area contributed by atoms with Gasteiger partial charge in [-0.15, -0.1) is 0 Å². The maximum atomic E-state index is 9.29. The zero-order chi connectivity index (χ0) is 19.3. The minimum absolute atomic E-state index is 0.0833. The first kappa shape index (κ1) is 29.9. The van der Waals surface area contributed by atoms with Crippen molar-refractivity contribution in [3.63, 3.8) is 0 Å². The number of carboxylic acid groups (broad SMARTS) is 2. The zero-order valence-corrected chi connectivity index (χ0v) is 15.4. The third-order valence-corrected chi connectivity index (χ3v) is 1.61. The number of rotatable bonds is 7. The van der Waals surface area contributed by atoms with Crippen molar-refractivity contribution in [2.75, 3.05) is 37.9 Å². The monoisotopic (exact) mass is 372 g/mol. The molecule has 0 aliphatic carbocycles. The first-order chi connectivity index (χ1) is 10.6. The summed E-state index contributed by atoms with van der Waals surface area (Å²) in [6.45, 7) is 12.3. The maximum Gasteiger partial charge on any atom is 0.313 e. The Morgan fingerprint density at radius 1 is 0.870 bits per heavy atom. The molecule has 0 fully saturated rings. The van der Waals surface area contributed by atoms with E-state index in [1.54, 1.807) is 0 Å². The van der Waals surface area contributed by atoms with Crippen molar-refractivity contribution in [1.29, 1.82) is 0 Å². The highest BCUT2D eigenvalue weighted by Crippen LogP contribution is 1.92. The summed E-state index contributed by atoms with van der Waals surface area (Å²) in [6, 6.07) is 0. The quantitative estimate of drug-likeness (QED) is 0.292. The molecular weight excluding hydrogens is 344 g/mol. The smallest absolute Gasteiger partial charge is 0.313 e. The van der Waals surface area contributed by atoms with E-state index in [0.717, 1.165) is 11.1 Å². The number of aliphatic hydroxyl groups is 2. The third-order valence-electron chi connectivity index (χ3n) is 1.07. The van der Waals surface area contributed by atoms with E-state index >= 15 is 0 Å². The molecule has 0 aromatic carbocycles. The zero-order valence-electron chi connectivity index (χ0n) is 13.6. The Balaban J connectivity index is -0.000000112. The summed E-state index contributed by atoms with van der Waals surface area (Å²) >= 11 is 6.83. The molecule has 0 atom stereocenters. The number of hydrogen-bond donors (Lipinski definition) is 6. The van der Waals surface area contributed by atoms with Crippen LogP contribution in [0, 0.1) is 0 Å². The lowest BCUT2D eigenvalue weighted by Crippen LogP contribution is -1.96. The Hall–Kier alpha value is -1.00. The van der Waals surface area contributed by atoms with E-state index in [1.807, 2.05) is 13.8 Å². The topological polar surface area (TPSA) is 124 Å². The molecule has 0 amide bonds. The summed E-state index contributed by atoms with van der Waals surface area (Å²) in [5.74, 6) is -1.93. The van der Waals surface area contributed by atoms with Gasteiger partial charge in [0.05, 0.1) is 37.9 Å². The van der Waals surface area contributed by atoms with Crippen LogP contribution in [0.3, 0.4) is 0 Å². The van der Waals surface area contributed by atoms with Gasteiger partial charge in [-0.25, -0.2) is 0 Å². The summed E-state index contributed by atoms with van der Waals surface area (Å²) in [7, 11) is 0. The average Bonchev–Trinajstić information content (AvgIpc) is 2.47. The van der Waals surface area contributed by atoms with Gasteiger partial charge in [-0.1, -0.05) is 24.3 Å². The first-order valence-corrected chi connectivity index (χ1v) is 7.58. The van der Waals surface area contributed by atoms with E-state index in [4.69, 9.17) is 25.2 Å². The van der Waals surface area contributed by atoms with Crippen LogP contribution in [0.15, 0.2) is 24.3 Å². The van der Waals surface area contributed by atoms with Gasteiger partial charge in [0.25, 0.3) is 0 Å². The first-order valence-electron chi connectivity index (χ1n) is 6.32. The lowest BCUT2D eigenvalue weighted by Gasteiger charge is -2.00.